The largest absolute Gasteiger partial charge is 0.472 e. The molecule has 0 aromatic carbocycles. The van der Waals surface area contributed by atoms with Crippen LogP contribution in [0.3, 0.4) is 0 Å². The summed E-state index contributed by atoms with van der Waals surface area (Å²) in [5.74, 6) is -2.34. The molecule has 0 spiro atoms. The third-order valence-corrected chi connectivity index (χ3v) is 18.9. The van der Waals surface area contributed by atoms with Crippen molar-refractivity contribution in [3.63, 3.8) is 0 Å². The summed E-state index contributed by atoms with van der Waals surface area (Å²) in [4.78, 5) is 73.0. The molecule has 0 fully saturated rings. The Morgan fingerprint density at radius 3 is 0.856 bits per heavy atom. The molecule has 598 valence electrons. The highest BCUT2D eigenvalue weighted by Gasteiger charge is 2.30. The number of hydrogen-bond acceptors (Lipinski definition) is 15. The zero-order valence-electron chi connectivity index (χ0n) is 65.4. The van der Waals surface area contributed by atoms with Gasteiger partial charge in [0, 0.05) is 19.3 Å². The summed E-state index contributed by atoms with van der Waals surface area (Å²) in [6.07, 6.45) is 84.9. The van der Waals surface area contributed by atoms with Crippen LogP contribution >= 0.6 is 15.6 Å². The van der Waals surface area contributed by atoms with Crippen molar-refractivity contribution in [3.05, 3.63) is 122 Å². The van der Waals surface area contributed by atoms with Gasteiger partial charge in [-0.05, 0) is 96.3 Å². The number of allylic oxidation sites excluding steroid dienone is 19. The lowest BCUT2D eigenvalue weighted by Gasteiger charge is -2.21. The molecule has 0 saturated carbocycles. The second kappa shape index (κ2) is 76.6. The molecule has 0 aliphatic carbocycles. The van der Waals surface area contributed by atoms with E-state index in [1.54, 1.807) is 6.08 Å². The Balaban J connectivity index is 5.43. The van der Waals surface area contributed by atoms with Gasteiger partial charge in [0.05, 0.1) is 32.8 Å². The Morgan fingerprint density at radius 2 is 0.538 bits per heavy atom. The number of hydrogen-bond donors (Lipinski definition) is 3. The van der Waals surface area contributed by atoms with Crippen molar-refractivity contribution in [3.8, 4) is 0 Å². The first kappa shape index (κ1) is 99.5. The maximum Gasteiger partial charge on any atom is 0.472 e. The van der Waals surface area contributed by atoms with Crippen LogP contribution in [0.4, 0.5) is 0 Å². The van der Waals surface area contributed by atoms with Crippen LogP contribution in [0.25, 0.3) is 0 Å². The number of phosphoric ester groups is 2. The number of carbonyl (C=O) groups excluding carboxylic acids is 4. The van der Waals surface area contributed by atoms with E-state index in [0.717, 1.165) is 128 Å². The van der Waals surface area contributed by atoms with Gasteiger partial charge in [-0.15, -0.1) is 0 Å². The molecule has 0 aromatic rings. The molecule has 3 N–H and O–H groups in total. The molecular weight excluding hydrogens is 1350 g/mol. The van der Waals surface area contributed by atoms with E-state index in [4.69, 9.17) is 37.0 Å². The van der Waals surface area contributed by atoms with Crippen LogP contribution in [0.5, 0.6) is 0 Å². The monoisotopic (exact) mass is 1500 g/mol. The molecule has 0 aromatic heterocycles. The zero-order chi connectivity index (χ0) is 76.0. The fourth-order valence-corrected chi connectivity index (χ4v) is 12.4. The summed E-state index contributed by atoms with van der Waals surface area (Å²) in [5.41, 5.74) is 0. The summed E-state index contributed by atoms with van der Waals surface area (Å²) in [6, 6.07) is 0. The summed E-state index contributed by atoms with van der Waals surface area (Å²) in [7, 11) is -9.99. The molecular formula is C85H146O17P2. The van der Waals surface area contributed by atoms with Crippen LogP contribution in [-0.4, -0.2) is 96.7 Å². The third kappa shape index (κ3) is 75.7. The standard InChI is InChI=1S/C85H146O17P2/c1-5-9-13-17-21-25-29-33-37-38-39-40-44-46-50-54-58-62-66-70-83(88)96-76-81(102-85(90)72-68-64-60-56-52-48-43-36-32-28-24-20-16-12-8-4)78-100-104(93,94)98-74-79(86)73-97-103(91,92)99-77-80(101-84(89)71-67-63-59-55-51-47-42-35-31-27-23-19-15-11-7-3)75-95-82(87)69-65-61-57-53-49-45-41-34-30-26-22-18-14-10-6-2/h9-10,13-14,21-22,25-26,33-34,37,39-41,46,49-50,53,61,65,79-81,86H,5-8,11-12,15-20,23-24,27-32,35-36,38,42-45,47-48,51-52,54-60,62-64,66-78H2,1-4H3,(H,91,92)(H,93,94)/b13-9-,14-10-,25-21-,26-22-,37-33-,40-39-,41-34-,50-46-,53-49-,65-61-. The van der Waals surface area contributed by atoms with Crippen LogP contribution < -0.4 is 0 Å². The maximum atomic E-state index is 13.1. The summed E-state index contributed by atoms with van der Waals surface area (Å²) in [5, 5.41) is 10.6. The van der Waals surface area contributed by atoms with E-state index in [1.165, 1.54) is 128 Å². The van der Waals surface area contributed by atoms with Gasteiger partial charge >= 0.3 is 39.5 Å². The molecule has 17 nitrogen and oxygen atoms in total. The Morgan fingerprint density at radius 1 is 0.288 bits per heavy atom. The molecule has 19 heteroatoms. The smallest absolute Gasteiger partial charge is 0.462 e. The molecule has 0 rings (SSSR count). The van der Waals surface area contributed by atoms with Crippen LogP contribution in [0, 0.1) is 0 Å². The summed E-state index contributed by atoms with van der Waals surface area (Å²) >= 11 is 0. The number of esters is 4. The van der Waals surface area contributed by atoms with Crippen molar-refractivity contribution in [1.82, 2.24) is 0 Å². The third-order valence-electron chi connectivity index (χ3n) is 17.0. The van der Waals surface area contributed by atoms with E-state index in [1.807, 2.05) is 18.2 Å². The molecule has 0 bridgehead atoms. The van der Waals surface area contributed by atoms with Gasteiger partial charge in [0.1, 0.15) is 19.3 Å². The predicted molar refractivity (Wildman–Crippen MR) is 427 cm³/mol. The van der Waals surface area contributed by atoms with Gasteiger partial charge in [-0.1, -0.05) is 335 Å². The lowest BCUT2D eigenvalue weighted by Crippen LogP contribution is -2.30. The summed E-state index contributed by atoms with van der Waals surface area (Å²) in [6.45, 7) is 4.55. The molecule has 5 unspecified atom stereocenters. The van der Waals surface area contributed by atoms with Gasteiger partial charge in [-0.3, -0.25) is 37.3 Å². The number of rotatable bonds is 76. The quantitative estimate of drug-likeness (QED) is 0.0169. The number of ether oxygens (including phenoxy) is 4. The Bertz CT molecular complexity index is 2440. The van der Waals surface area contributed by atoms with Crippen LogP contribution in [0.15, 0.2) is 122 Å². The number of carbonyl (C=O) groups is 4. The van der Waals surface area contributed by atoms with Crippen molar-refractivity contribution >= 4 is 39.5 Å². The number of aliphatic hydroxyl groups excluding tert-OH is 1. The van der Waals surface area contributed by atoms with Gasteiger partial charge in [0.25, 0.3) is 0 Å². The van der Waals surface area contributed by atoms with E-state index in [9.17, 15) is 43.2 Å². The molecule has 0 aliphatic heterocycles. The minimum Gasteiger partial charge on any atom is -0.462 e. The highest BCUT2D eigenvalue weighted by molar-refractivity contribution is 7.47. The van der Waals surface area contributed by atoms with Crippen molar-refractivity contribution in [1.29, 1.82) is 0 Å². The Kier molecular flexibility index (Phi) is 73.3. The first-order valence-electron chi connectivity index (χ1n) is 40.8. The second-order valence-corrected chi connectivity index (χ2v) is 29.9. The van der Waals surface area contributed by atoms with E-state index >= 15 is 0 Å². The maximum absolute atomic E-state index is 13.1. The molecule has 0 aliphatic rings. The van der Waals surface area contributed by atoms with Gasteiger partial charge in [-0.25, -0.2) is 9.13 Å². The Labute approximate surface area is 632 Å². The topological polar surface area (TPSA) is 237 Å². The first-order valence-corrected chi connectivity index (χ1v) is 43.8. The molecule has 104 heavy (non-hydrogen) atoms. The zero-order valence-corrected chi connectivity index (χ0v) is 67.2. The van der Waals surface area contributed by atoms with Crippen molar-refractivity contribution < 1.29 is 80.2 Å². The fraction of sp³-hybridized carbons (Fsp3) is 0.718. The van der Waals surface area contributed by atoms with Gasteiger partial charge < -0.3 is 33.8 Å². The number of aliphatic hydroxyl groups is 1. The minimum atomic E-state index is -5.00. The van der Waals surface area contributed by atoms with Gasteiger partial charge in [0.2, 0.25) is 0 Å². The second-order valence-electron chi connectivity index (χ2n) is 27.0. The first-order chi connectivity index (χ1) is 50.7. The fourth-order valence-electron chi connectivity index (χ4n) is 10.9. The lowest BCUT2D eigenvalue weighted by atomic mass is 10.0. The molecule has 0 saturated heterocycles. The molecule has 0 heterocycles. The van der Waals surface area contributed by atoms with Crippen molar-refractivity contribution in [2.24, 2.45) is 0 Å². The van der Waals surface area contributed by atoms with E-state index in [2.05, 4.69) is 125 Å². The normalized spacial score (nSPS) is 14.5. The molecule has 5 atom stereocenters. The SMILES string of the molecule is CC/C=C\C/C=C\C/C=C\C/C=C\C/C=C\CCCCCC(=O)OCC(COP(=O)(O)OCC(O)COP(=O)(O)OCC(COC(=O)C/C=C\C/C=C\C/C=C\C/C=C\C/C=C\CC)OC(=O)CCCCCCCCCCCCCCCCC)OC(=O)CCCCCCCCCCCCCCCCC. The molecule has 0 radical (unpaired) electrons. The lowest BCUT2D eigenvalue weighted by molar-refractivity contribution is -0.161. The van der Waals surface area contributed by atoms with Crippen LogP contribution in [-0.2, 0) is 65.4 Å². The minimum absolute atomic E-state index is 0.0702. The van der Waals surface area contributed by atoms with Crippen LogP contribution in [0.2, 0.25) is 0 Å². The van der Waals surface area contributed by atoms with E-state index in [0.29, 0.717) is 25.7 Å². The average molecular weight is 1500 g/mol. The number of unbranched alkanes of at least 4 members (excludes halogenated alkanes) is 31. The van der Waals surface area contributed by atoms with Crippen LogP contribution in [0.1, 0.15) is 336 Å². The predicted octanol–water partition coefficient (Wildman–Crippen LogP) is 23.9. The van der Waals surface area contributed by atoms with Gasteiger partial charge in [0.15, 0.2) is 12.2 Å². The summed E-state index contributed by atoms with van der Waals surface area (Å²) < 4.78 is 68.5. The number of phosphoric acid groups is 2. The highest BCUT2D eigenvalue weighted by Crippen LogP contribution is 2.45. The highest BCUT2D eigenvalue weighted by atomic mass is 31.2. The van der Waals surface area contributed by atoms with Crippen molar-refractivity contribution in [2.75, 3.05) is 39.6 Å². The Hall–Kier alpha value is -4.54. The molecule has 0 amide bonds. The van der Waals surface area contributed by atoms with Crippen molar-refractivity contribution in [2.45, 2.75) is 354 Å². The van der Waals surface area contributed by atoms with E-state index < -0.39 is 97.5 Å². The van der Waals surface area contributed by atoms with Gasteiger partial charge in [-0.2, -0.15) is 0 Å². The van der Waals surface area contributed by atoms with E-state index in [-0.39, 0.29) is 25.7 Å². The average Bonchev–Trinajstić information content (AvgIpc) is 0.918.